The summed E-state index contributed by atoms with van der Waals surface area (Å²) in [6.07, 6.45) is -4.08. The maximum absolute atomic E-state index is 12.9. The van der Waals surface area contributed by atoms with Crippen molar-refractivity contribution in [2.75, 3.05) is 6.61 Å². The zero-order chi connectivity index (χ0) is 27.8. The number of pyridine rings is 1. The maximum Gasteiger partial charge on any atom is 0.408 e. The van der Waals surface area contributed by atoms with Crippen LogP contribution in [-0.4, -0.2) is 92.9 Å². The van der Waals surface area contributed by atoms with Gasteiger partial charge < -0.3 is 46.1 Å². The fourth-order valence-electron chi connectivity index (χ4n) is 3.51. The Morgan fingerprint density at radius 1 is 1.16 bits per heavy atom. The monoisotopic (exact) mass is 525 g/mol. The number of aliphatic hydroxyl groups excluding tert-OH is 3. The molecule has 0 spiro atoms. The first-order chi connectivity index (χ1) is 17.3. The SMILES string of the molecule is CC(=O)N[C@@H]1[C@@H](O)[C@H](O)[C@@H](CO)O[C@H]1NC(=O)C[C@H](NC(=O)OC(C)(C)C)C(=O)NCc1cccnc1. The van der Waals surface area contributed by atoms with Gasteiger partial charge in [-0.3, -0.25) is 19.4 Å². The largest absolute Gasteiger partial charge is 0.444 e. The number of nitrogens with zero attached hydrogens (tertiary/aromatic N) is 1. The van der Waals surface area contributed by atoms with E-state index in [4.69, 9.17) is 9.47 Å². The van der Waals surface area contributed by atoms with E-state index < -0.39 is 79.1 Å². The predicted molar refractivity (Wildman–Crippen MR) is 127 cm³/mol. The van der Waals surface area contributed by atoms with Gasteiger partial charge in [0, 0.05) is 25.9 Å². The standard InChI is InChI=1S/C23H35N5O9/c1-12(30)26-17-19(33)18(32)15(11-29)36-21(17)28-16(31)8-14(27-22(35)37-23(2,3)4)20(34)25-10-13-6-5-7-24-9-13/h5-7,9,14-15,17-19,21,29,32-33H,8,10-11H2,1-4H3,(H,25,34)(H,26,30)(H,27,35)(H,28,31)/t14-,15+,17+,18+,19+,21+/m0/s1. The lowest BCUT2D eigenvalue weighted by Crippen LogP contribution is -2.68. The highest BCUT2D eigenvalue weighted by molar-refractivity contribution is 5.91. The number of amides is 4. The van der Waals surface area contributed by atoms with Crippen molar-refractivity contribution >= 4 is 23.8 Å². The highest BCUT2D eigenvalue weighted by Gasteiger charge is 2.45. The number of carbonyl (C=O) groups is 4. The van der Waals surface area contributed by atoms with Gasteiger partial charge in [-0.15, -0.1) is 0 Å². The third-order valence-electron chi connectivity index (χ3n) is 5.19. The zero-order valence-electron chi connectivity index (χ0n) is 21.1. The van der Waals surface area contributed by atoms with E-state index in [1.54, 1.807) is 45.3 Å². The minimum atomic E-state index is -1.57. The van der Waals surface area contributed by atoms with Gasteiger partial charge in [-0.1, -0.05) is 6.07 Å². The summed E-state index contributed by atoms with van der Waals surface area (Å²) in [5.74, 6) is -2.05. The Morgan fingerprint density at radius 2 is 1.86 bits per heavy atom. The van der Waals surface area contributed by atoms with Crippen LogP contribution >= 0.6 is 0 Å². The lowest BCUT2D eigenvalue weighted by Gasteiger charge is -2.42. The van der Waals surface area contributed by atoms with Crippen LogP contribution in [0.25, 0.3) is 0 Å². The second-order valence-electron chi connectivity index (χ2n) is 9.53. The van der Waals surface area contributed by atoms with E-state index in [-0.39, 0.29) is 6.54 Å². The van der Waals surface area contributed by atoms with Crippen molar-refractivity contribution in [3.05, 3.63) is 30.1 Å². The van der Waals surface area contributed by atoms with Crippen LogP contribution in [0.5, 0.6) is 0 Å². The minimum Gasteiger partial charge on any atom is -0.444 e. The smallest absolute Gasteiger partial charge is 0.408 e. The van der Waals surface area contributed by atoms with Gasteiger partial charge in [0.05, 0.1) is 13.0 Å². The lowest BCUT2D eigenvalue weighted by molar-refractivity contribution is -0.203. The fraction of sp³-hybridized carbons (Fsp3) is 0.609. The third kappa shape index (κ3) is 9.57. The van der Waals surface area contributed by atoms with E-state index in [1.165, 1.54) is 6.92 Å². The third-order valence-corrected chi connectivity index (χ3v) is 5.19. The predicted octanol–water partition coefficient (Wildman–Crippen LogP) is -1.96. The van der Waals surface area contributed by atoms with Crippen molar-refractivity contribution in [3.8, 4) is 0 Å². The number of rotatable bonds is 9. The first-order valence-electron chi connectivity index (χ1n) is 11.7. The Kier molecular flexibility index (Phi) is 10.7. The van der Waals surface area contributed by atoms with Crippen LogP contribution in [0.15, 0.2) is 24.5 Å². The topological polar surface area (TPSA) is 208 Å². The molecule has 2 rings (SSSR count). The fourth-order valence-corrected chi connectivity index (χ4v) is 3.51. The van der Waals surface area contributed by atoms with Crippen LogP contribution in [0.2, 0.25) is 0 Å². The van der Waals surface area contributed by atoms with Gasteiger partial charge in [0.1, 0.15) is 36.0 Å². The summed E-state index contributed by atoms with van der Waals surface area (Å²) in [6.45, 7) is 5.49. The molecule has 14 nitrogen and oxygen atoms in total. The number of hydrogen-bond acceptors (Lipinski definition) is 10. The average molecular weight is 526 g/mol. The molecule has 0 unspecified atom stereocenters. The van der Waals surface area contributed by atoms with Gasteiger partial charge >= 0.3 is 6.09 Å². The molecule has 206 valence electrons. The van der Waals surface area contributed by atoms with Gasteiger partial charge in [0.25, 0.3) is 0 Å². The Hall–Kier alpha value is -3.33. The van der Waals surface area contributed by atoms with Crippen LogP contribution in [0.1, 0.15) is 39.7 Å². The van der Waals surface area contributed by atoms with Crippen LogP contribution in [-0.2, 0) is 30.4 Å². The second-order valence-corrected chi connectivity index (χ2v) is 9.53. The molecule has 1 saturated heterocycles. The molecule has 7 N–H and O–H groups in total. The quantitative estimate of drug-likeness (QED) is 0.189. The Balaban J connectivity index is 2.14. The molecule has 0 bridgehead atoms. The molecule has 1 aromatic rings. The molecule has 1 aromatic heterocycles. The molecule has 1 aliphatic rings. The van der Waals surface area contributed by atoms with Crippen molar-refractivity contribution in [1.29, 1.82) is 0 Å². The first kappa shape index (κ1) is 29.9. The van der Waals surface area contributed by atoms with Crippen molar-refractivity contribution in [1.82, 2.24) is 26.3 Å². The van der Waals surface area contributed by atoms with E-state index in [2.05, 4.69) is 26.3 Å². The van der Waals surface area contributed by atoms with Crippen molar-refractivity contribution in [3.63, 3.8) is 0 Å². The van der Waals surface area contributed by atoms with E-state index in [1.807, 2.05) is 0 Å². The molecular formula is C23H35N5O9. The summed E-state index contributed by atoms with van der Waals surface area (Å²) in [7, 11) is 0. The first-order valence-corrected chi connectivity index (χ1v) is 11.7. The summed E-state index contributed by atoms with van der Waals surface area (Å²) in [4.78, 5) is 53.7. The molecule has 14 heteroatoms. The van der Waals surface area contributed by atoms with Gasteiger partial charge in [0.2, 0.25) is 17.7 Å². The van der Waals surface area contributed by atoms with E-state index >= 15 is 0 Å². The summed E-state index contributed by atoms with van der Waals surface area (Å²) in [5.41, 5.74) is -0.173. The summed E-state index contributed by atoms with van der Waals surface area (Å²) in [6, 6.07) is 0.803. The molecule has 2 heterocycles. The molecule has 0 aromatic carbocycles. The van der Waals surface area contributed by atoms with E-state index in [0.29, 0.717) is 5.56 Å². The van der Waals surface area contributed by atoms with Gasteiger partial charge in [-0.05, 0) is 32.4 Å². The van der Waals surface area contributed by atoms with Crippen molar-refractivity contribution in [2.24, 2.45) is 0 Å². The number of alkyl carbamates (subject to hydrolysis) is 1. The Morgan fingerprint density at radius 3 is 2.43 bits per heavy atom. The number of carbonyl (C=O) groups excluding carboxylic acids is 4. The highest BCUT2D eigenvalue weighted by Crippen LogP contribution is 2.20. The molecule has 1 aliphatic heterocycles. The van der Waals surface area contributed by atoms with Crippen LogP contribution in [0.3, 0.4) is 0 Å². The van der Waals surface area contributed by atoms with Crippen LogP contribution in [0.4, 0.5) is 4.79 Å². The molecule has 1 fully saturated rings. The Bertz CT molecular complexity index is 940. The average Bonchev–Trinajstić information content (AvgIpc) is 2.81. The van der Waals surface area contributed by atoms with Gasteiger partial charge in [-0.2, -0.15) is 0 Å². The molecular weight excluding hydrogens is 490 g/mol. The number of hydrogen-bond donors (Lipinski definition) is 7. The maximum atomic E-state index is 12.9. The summed E-state index contributed by atoms with van der Waals surface area (Å²) >= 11 is 0. The van der Waals surface area contributed by atoms with Crippen molar-refractivity contribution in [2.45, 2.75) is 82.9 Å². The highest BCUT2D eigenvalue weighted by atomic mass is 16.6. The Labute approximate surface area is 214 Å². The molecule has 4 amide bonds. The van der Waals surface area contributed by atoms with Crippen LogP contribution < -0.4 is 21.3 Å². The van der Waals surface area contributed by atoms with Gasteiger partial charge in [0.15, 0.2) is 6.23 Å². The number of ether oxygens (including phenoxy) is 2. The van der Waals surface area contributed by atoms with Crippen molar-refractivity contribution < 1.29 is 44.0 Å². The minimum absolute atomic E-state index is 0.0827. The number of aliphatic hydroxyl groups is 3. The number of aromatic nitrogens is 1. The van der Waals surface area contributed by atoms with Crippen LogP contribution in [0, 0.1) is 0 Å². The number of nitrogens with one attached hydrogen (secondary N) is 4. The normalized spacial score (nSPS) is 24.4. The van der Waals surface area contributed by atoms with Gasteiger partial charge in [-0.25, -0.2) is 4.79 Å². The zero-order valence-corrected chi connectivity index (χ0v) is 21.1. The van der Waals surface area contributed by atoms with E-state index in [9.17, 15) is 34.5 Å². The second kappa shape index (κ2) is 13.3. The molecule has 6 atom stereocenters. The van der Waals surface area contributed by atoms with E-state index in [0.717, 1.165) is 0 Å². The lowest BCUT2D eigenvalue weighted by atomic mass is 9.95. The molecule has 0 radical (unpaired) electrons. The molecule has 0 aliphatic carbocycles. The summed E-state index contributed by atoms with van der Waals surface area (Å²) < 4.78 is 10.7. The molecule has 37 heavy (non-hydrogen) atoms. The molecule has 0 saturated carbocycles. The summed E-state index contributed by atoms with van der Waals surface area (Å²) in [5, 5.41) is 39.8.